The summed E-state index contributed by atoms with van der Waals surface area (Å²) in [7, 11) is 0. The molecule has 0 saturated carbocycles. The van der Waals surface area contributed by atoms with Crippen LogP contribution in [0.25, 0.3) is 0 Å². The van der Waals surface area contributed by atoms with Gasteiger partial charge in [-0.3, -0.25) is 0 Å². The standard InChI is InChI=1S/C15H18OS/c1-12-2-4-13(5-3-12)10-15(16)7-6-14-8-9-17-11-14/h2-5,8-9,11,15-16H,6-7,10H2,1H3. The highest BCUT2D eigenvalue weighted by Gasteiger charge is 2.06. The molecule has 0 saturated heterocycles. The van der Waals surface area contributed by atoms with Crippen LogP contribution < -0.4 is 0 Å². The molecule has 0 fully saturated rings. The van der Waals surface area contributed by atoms with Gasteiger partial charge in [0, 0.05) is 0 Å². The van der Waals surface area contributed by atoms with Gasteiger partial charge in [-0.25, -0.2) is 0 Å². The maximum atomic E-state index is 9.97. The molecule has 0 bridgehead atoms. The first-order valence-electron chi connectivity index (χ1n) is 5.99. The van der Waals surface area contributed by atoms with E-state index in [-0.39, 0.29) is 6.10 Å². The van der Waals surface area contributed by atoms with Crippen LogP contribution in [0.4, 0.5) is 0 Å². The lowest BCUT2D eigenvalue weighted by molar-refractivity contribution is 0.165. The molecule has 17 heavy (non-hydrogen) atoms. The Morgan fingerprint density at radius 1 is 1.12 bits per heavy atom. The molecule has 1 N–H and O–H groups in total. The monoisotopic (exact) mass is 246 g/mol. The summed E-state index contributed by atoms with van der Waals surface area (Å²) in [5.41, 5.74) is 3.81. The molecule has 0 aliphatic heterocycles. The molecule has 2 aromatic rings. The number of hydrogen-bond acceptors (Lipinski definition) is 2. The van der Waals surface area contributed by atoms with E-state index in [2.05, 4.69) is 48.0 Å². The van der Waals surface area contributed by atoms with Crippen LogP contribution >= 0.6 is 11.3 Å². The van der Waals surface area contributed by atoms with Crippen molar-refractivity contribution < 1.29 is 5.11 Å². The normalized spacial score (nSPS) is 12.6. The molecular formula is C15H18OS. The Labute approximate surface area is 107 Å². The molecule has 0 amide bonds. The zero-order valence-corrected chi connectivity index (χ0v) is 10.9. The second-order valence-electron chi connectivity index (χ2n) is 4.51. The molecule has 1 nitrogen and oxygen atoms in total. The van der Waals surface area contributed by atoms with E-state index in [0.29, 0.717) is 0 Å². The van der Waals surface area contributed by atoms with Crippen molar-refractivity contribution in [2.45, 2.75) is 32.3 Å². The average Bonchev–Trinajstić information content (AvgIpc) is 2.83. The van der Waals surface area contributed by atoms with Gasteiger partial charge in [-0.15, -0.1) is 0 Å². The van der Waals surface area contributed by atoms with Crippen molar-refractivity contribution in [3.8, 4) is 0 Å². The van der Waals surface area contributed by atoms with Gasteiger partial charge in [0.15, 0.2) is 0 Å². The SMILES string of the molecule is Cc1ccc(CC(O)CCc2ccsc2)cc1. The lowest BCUT2D eigenvalue weighted by Crippen LogP contribution is -2.11. The highest BCUT2D eigenvalue weighted by Crippen LogP contribution is 2.13. The molecule has 0 spiro atoms. The first-order chi connectivity index (χ1) is 8.24. The van der Waals surface area contributed by atoms with Crippen molar-refractivity contribution in [2.75, 3.05) is 0 Å². The predicted octanol–water partition coefficient (Wildman–Crippen LogP) is 3.59. The minimum Gasteiger partial charge on any atom is -0.393 e. The summed E-state index contributed by atoms with van der Waals surface area (Å²) in [6.45, 7) is 2.08. The van der Waals surface area contributed by atoms with Crippen molar-refractivity contribution in [3.63, 3.8) is 0 Å². The summed E-state index contributed by atoms with van der Waals surface area (Å²) in [4.78, 5) is 0. The van der Waals surface area contributed by atoms with E-state index >= 15 is 0 Å². The van der Waals surface area contributed by atoms with E-state index in [1.807, 2.05) is 0 Å². The van der Waals surface area contributed by atoms with Gasteiger partial charge in [-0.05, 0) is 54.1 Å². The van der Waals surface area contributed by atoms with Crippen LogP contribution in [0.3, 0.4) is 0 Å². The van der Waals surface area contributed by atoms with Crippen LogP contribution in [0.15, 0.2) is 41.1 Å². The van der Waals surface area contributed by atoms with Crippen molar-refractivity contribution in [2.24, 2.45) is 0 Å². The van der Waals surface area contributed by atoms with E-state index in [4.69, 9.17) is 0 Å². The molecule has 1 unspecified atom stereocenters. The fourth-order valence-corrected chi connectivity index (χ4v) is 2.57. The molecule has 1 aromatic carbocycles. The Bertz CT molecular complexity index is 430. The van der Waals surface area contributed by atoms with Gasteiger partial charge >= 0.3 is 0 Å². The lowest BCUT2D eigenvalue weighted by atomic mass is 10.0. The molecule has 1 atom stereocenters. The number of benzene rings is 1. The van der Waals surface area contributed by atoms with Crippen LogP contribution in [0.5, 0.6) is 0 Å². The first kappa shape index (κ1) is 12.3. The van der Waals surface area contributed by atoms with Crippen LogP contribution in [0.1, 0.15) is 23.1 Å². The number of aliphatic hydroxyl groups excluding tert-OH is 1. The second kappa shape index (κ2) is 5.99. The number of hydrogen-bond donors (Lipinski definition) is 1. The molecule has 1 heterocycles. The highest BCUT2D eigenvalue weighted by atomic mass is 32.1. The number of thiophene rings is 1. The van der Waals surface area contributed by atoms with Crippen molar-refractivity contribution in [1.82, 2.24) is 0 Å². The van der Waals surface area contributed by atoms with E-state index in [0.717, 1.165) is 19.3 Å². The minimum absolute atomic E-state index is 0.238. The van der Waals surface area contributed by atoms with Crippen LogP contribution in [-0.2, 0) is 12.8 Å². The van der Waals surface area contributed by atoms with Gasteiger partial charge in [-0.1, -0.05) is 29.8 Å². The summed E-state index contributed by atoms with van der Waals surface area (Å²) >= 11 is 1.72. The maximum Gasteiger partial charge on any atom is 0.0583 e. The lowest BCUT2D eigenvalue weighted by Gasteiger charge is -2.10. The Morgan fingerprint density at radius 3 is 2.53 bits per heavy atom. The smallest absolute Gasteiger partial charge is 0.0583 e. The molecule has 1 aromatic heterocycles. The van der Waals surface area contributed by atoms with Gasteiger partial charge in [0.25, 0.3) is 0 Å². The third kappa shape index (κ3) is 3.99. The zero-order chi connectivity index (χ0) is 12.1. The van der Waals surface area contributed by atoms with E-state index < -0.39 is 0 Å². The van der Waals surface area contributed by atoms with Crippen molar-refractivity contribution in [1.29, 1.82) is 0 Å². The molecular weight excluding hydrogens is 228 g/mol. The topological polar surface area (TPSA) is 20.2 Å². The minimum atomic E-state index is -0.238. The molecule has 0 radical (unpaired) electrons. The molecule has 90 valence electrons. The highest BCUT2D eigenvalue weighted by molar-refractivity contribution is 7.07. The second-order valence-corrected chi connectivity index (χ2v) is 5.29. The van der Waals surface area contributed by atoms with Crippen molar-refractivity contribution in [3.05, 3.63) is 57.8 Å². The summed E-state index contributed by atoms with van der Waals surface area (Å²) in [5.74, 6) is 0. The van der Waals surface area contributed by atoms with Gasteiger partial charge in [0.2, 0.25) is 0 Å². The van der Waals surface area contributed by atoms with Crippen molar-refractivity contribution >= 4 is 11.3 Å². The van der Waals surface area contributed by atoms with E-state index in [9.17, 15) is 5.11 Å². The largest absolute Gasteiger partial charge is 0.393 e. The van der Waals surface area contributed by atoms with E-state index in [1.54, 1.807) is 11.3 Å². The van der Waals surface area contributed by atoms with Crippen LogP contribution in [0, 0.1) is 6.92 Å². The fourth-order valence-electron chi connectivity index (χ4n) is 1.87. The van der Waals surface area contributed by atoms with Gasteiger partial charge in [-0.2, -0.15) is 11.3 Å². The first-order valence-corrected chi connectivity index (χ1v) is 6.93. The molecule has 0 aliphatic rings. The van der Waals surface area contributed by atoms with E-state index in [1.165, 1.54) is 16.7 Å². The number of aryl methyl sites for hydroxylation is 2. The Hall–Kier alpha value is -1.12. The summed E-state index contributed by atoms with van der Waals surface area (Å²) in [6, 6.07) is 10.5. The number of rotatable bonds is 5. The molecule has 0 aliphatic carbocycles. The maximum absolute atomic E-state index is 9.97. The van der Waals surface area contributed by atoms with Crippen LogP contribution in [-0.4, -0.2) is 11.2 Å². The molecule has 2 heteroatoms. The van der Waals surface area contributed by atoms with Gasteiger partial charge < -0.3 is 5.11 Å². The third-order valence-corrected chi connectivity index (χ3v) is 3.67. The average molecular weight is 246 g/mol. The Morgan fingerprint density at radius 2 is 1.88 bits per heavy atom. The predicted molar refractivity (Wildman–Crippen MR) is 73.5 cm³/mol. The third-order valence-electron chi connectivity index (χ3n) is 2.94. The zero-order valence-electron chi connectivity index (χ0n) is 10.1. The fraction of sp³-hybridized carbons (Fsp3) is 0.333. The Balaban J connectivity index is 1.80. The van der Waals surface area contributed by atoms with Gasteiger partial charge in [0.05, 0.1) is 6.10 Å². The quantitative estimate of drug-likeness (QED) is 0.854. The van der Waals surface area contributed by atoms with Gasteiger partial charge in [0.1, 0.15) is 0 Å². The summed E-state index contributed by atoms with van der Waals surface area (Å²) < 4.78 is 0. The summed E-state index contributed by atoms with van der Waals surface area (Å²) in [6.07, 6.45) is 2.32. The van der Waals surface area contributed by atoms with Crippen LogP contribution in [0.2, 0.25) is 0 Å². The summed E-state index contributed by atoms with van der Waals surface area (Å²) in [5, 5.41) is 14.2. The Kier molecular flexibility index (Phi) is 4.35. The number of aliphatic hydroxyl groups is 1. The molecule has 2 rings (SSSR count).